The first-order valence-corrected chi connectivity index (χ1v) is 11.6. The van der Waals surface area contributed by atoms with Gasteiger partial charge in [0.15, 0.2) is 0 Å². The summed E-state index contributed by atoms with van der Waals surface area (Å²) in [7, 11) is 0. The Balaban J connectivity index is 1.25. The molecule has 0 aromatic heterocycles. The van der Waals surface area contributed by atoms with Gasteiger partial charge in [-0.25, -0.2) is 0 Å². The number of halogens is 3. The van der Waals surface area contributed by atoms with Crippen LogP contribution in [0.4, 0.5) is 5.69 Å². The maximum absolute atomic E-state index is 13.0. The monoisotopic (exact) mass is 465 g/mol. The van der Waals surface area contributed by atoms with Gasteiger partial charge in [0.25, 0.3) is 0 Å². The summed E-state index contributed by atoms with van der Waals surface area (Å²) in [6.07, 6.45) is 1.82. The van der Waals surface area contributed by atoms with Gasteiger partial charge in [0.2, 0.25) is 5.91 Å². The average Bonchev–Trinajstić information content (AvgIpc) is 2.76. The molecule has 0 atom stereocenters. The smallest absolute Gasteiger partial charge is 0.225 e. The number of likely N-dealkylation sites (tertiary alicyclic amines) is 1. The van der Waals surface area contributed by atoms with Crippen LogP contribution in [0.5, 0.6) is 0 Å². The van der Waals surface area contributed by atoms with Gasteiger partial charge < -0.3 is 9.80 Å². The molecule has 0 N–H and O–H groups in total. The number of nitrogens with zero attached hydrogens (tertiary/aromatic N) is 3. The highest BCUT2D eigenvalue weighted by molar-refractivity contribution is 6.42. The molecule has 2 aromatic rings. The number of carbonyl (C=O) groups is 1. The van der Waals surface area contributed by atoms with Gasteiger partial charge in [0.1, 0.15) is 0 Å². The van der Waals surface area contributed by atoms with Gasteiger partial charge in [0.05, 0.1) is 10.0 Å². The van der Waals surface area contributed by atoms with E-state index in [0.717, 1.165) is 74.9 Å². The summed E-state index contributed by atoms with van der Waals surface area (Å²) in [5.41, 5.74) is 2.29. The van der Waals surface area contributed by atoms with Crippen LogP contribution in [0, 0.1) is 5.92 Å². The fourth-order valence-corrected chi connectivity index (χ4v) is 4.86. The largest absolute Gasteiger partial charge is 0.368 e. The highest BCUT2D eigenvalue weighted by Gasteiger charge is 2.30. The molecule has 160 valence electrons. The maximum atomic E-state index is 13.0. The summed E-state index contributed by atoms with van der Waals surface area (Å²) in [6, 6.07) is 13.7. The molecule has 0 bridgehead atoms. The van der Waals surface area contributed by atoms with Gasteiger partial charge in [-0.05, 0) is 61.8 Å². The minimum atomic E-state index is 0.132. The topological polar surface area (TPSA) is 26.8 Å². The van der Waals surface area contributed by atoms with E-state index in [1.165, 1.54) is 0 Å². The Bertz CT molecular complexity index is 891. The highest BCUT2D eigenvalue weighted by Crippen LogP contribution is 2.26. The lowest BCUT2D eigenvalue weighted by atomic mass is 9.94. The number of benzene rings is 2. The molecule has 0 spiro atoms. The molecule has 7 heteroatoms. The van der Waals surface area contributed by atoms with Crippen LogP contribution in [-0.2, 0) is 11.3 Å². The molecule has 2 aliphatic heterocycles. The molecule has 1 amide bonds. The van der Waals surface area contributed by atoms with Crippen LogP contribution in [0.15, 0.2) is 42.5 Å². The van der Waals surface area contributed by atoms with E-state index in [2.05, 4.69) is 15.9 Å². The lowest BCUT2D eigenvalue weighted by Crippen LogP contribution is -2.51. The maximum Gasteiger partial charge on any atom is 0.225 e. The fraction of sp³-hybridized carbons (Fsp3) is 0.435. The van der Waals surface area contributed by atoms with E-state index < -0.39 is 0 Å². The van der Waals surface area contributed by atoms with Crippen molar-refractivity contribution < 1.29 is 4.79 Å². The first-order valence-electron chi connectivity index (χ1n) is 10.5. The molecule has 4 nitrogen and oxygen atoms in total. The van der Waals surface area contributed by atoms with E-state index in [-0.39, 0.29) is 5.92 Å². The minimum Gasteiger partial charge on any atom is -0.368 e. The molecule has 2 aromatic carbocycles. The van der Waals surface area contributed by atoms with Gasteiger partial charge in [-0.3, -0.25) is 9.69 Å². The third kappa shape index (κ3) is 5.23. The average molecular weight is 467 g/mol. The van der Waals surface area contributed by atoms with E-state index in [4.69, 9.17) is 34.8 Å². The van der Waals surface area contributed by atoms with Crippen LogP contribution < -0.4 is 4.90 Å². The first kappa shape index (κ1) is 21.8. The van der Waals surface area contributed by atoms with Crippen molar-refractivity contribution in [3.63, 3.8) is 0 Å². The van der Waals surface area contributed by atoms with Gasteiger partial charge in [-0.2, -0.15) is 0 Å². The number of amides is 1. The third-order valence-electron chi connectivity index (χ3n) is 6.09. The molecule has 0 unspecified atom stereocenters. The van der Waals surface area contributed by atoms with Crippen LogP contribution in [0.2, 0.25) is 15.1 Å². The van der Waals surface area contributed by atoms with Gasteiger partial charge in [0, 0.05) is 49.4 Å². The second-order valence-electron chi connectivity index (χ2n) is 8.09. The fourth-order valence-electron chi connectivity index (χ4n) is 4.35. The van der Waals surface area contributed by atoms with Crippen molar-refractivity contribution in [3.8, 4) is 0 Å². The Morgan fingerprint density at radius 2 is 1.60 bits per heavy atom. The van der Waals surface area contributed by atoms with Gasteiger partial charge in [-0.15, -0.1) is 0 Å². The number of hydrogen-bond donors (Lipinski definition) is 0. The predicted molar refractivity (Wildman–Crippen MR) is 125 cm³/mol. The lowest BCUT2D eigenvalue weighted by molar-refractivity contribution is -0.137. The second-order valence-corrected chi connectivity index (χ2v) is 9.34. The summed E-state index contributed by atoms with van der Waals surface area (Å²) in [5.74, 6) is 0.447. The zero-order valence-electron chi connectivity index (χ0n) is 16.9. The van der Waals surface area contributed by atoms with E-state index in [1.807, 2.05) is 41.3 Å². The van der Waals surface area contributed by atoms with Crippen LogP contribution in [0.1, 0.15) is 18.4 Å². The highest BCUT2D eigenvalue weighted by atomic mass is 35.5. The zero-order chi connectivity index (χ0) is 21.1. The molecular formula is C23H26Cl3N3O. The van der Waals surface area contributed by atoms with Crippen molar-refractivity contribution in [2.75, 3.05) is 44.2 Å². The van der Waals surface area contributed by atoms with Crippen molar-refractivity contribution in [1.29, 1.82) is 0 Å². The van der Waals surface area contributed by atoms with Gasteiger partial charge in [-0.1, -0.05) is 46.9 Å². The molecule has 0 saturated carbocycles. The Labute approximate surface area is 193 Å². The molecule has 4 rings (SSSR count). The molecule has 2 fully saturated rings. The number of piperidine rings is 1. The van der Waals surface area contributed by atoms with Crippen LogP contribution in [-0.4, -0.2) is 55.0 Å². The Kier molecular flexibility index (Phi) is 7.09. The standard InChI is InChI=1S/C23H26Cl3N3O/c24-19-2-1-3-20(15-19)28-10-12-29(13-11-28)23(30)18-6-8-27(9-7-18)16-17-4-5-21(25)22(26)14-17/h1-5,14-15,18H,6-13,16H2. The van der Waals surface area contributed by atoms with Crippen molar-refractivity contribution in [2.45, 2.75) is 19.4 Å². The zero-order valence-corrected chi connectivity index (χ0v) is 19.1. The number of rotatable bonds is 4. The quantitative estimate of drug-likeness (QED) is 0.619. The van der Waals surface area contributed by atoms with Crippen molar-refractivity contribution in [3.05, 3.63) is 63.1 Å². The molecule has 2 aliphatic rings. The molecule has 0 radical (unpaired) electrons. The van der Waals surface area contributed by atoms with Crippen molar-refractivity contribution in [1.82, 2.24) is 9.80 Å². The van der Waals surface area contributed by atoms with Crippen molar-refractivity contribution in [2.24, 2.45) is 5.92 Å². The SMILES string of the molecule is O=C(C1CCN(Cc2ccc(Cl)c(Cl)c2)CC1)N1CCN(c2cccc(Cl)c2)CC1. The molecule has 2 heterocycles. The summed E-state index contributed by atoms with van der Waals surface area (Å²) < 4.78 is 0. The molecule has 2 saturated heterocycles. The van der Waals surface area contributed by atoms with Crippen LogP contribution >= 0.6 is 34.8 Å². The van der Waals surface area contributed by atoms with E-state index >= 15 is 0 Å². The number of piperazine rings is 1. The summed E-state index contributed by atoms with van der Waals surface area (Å²) in [5, 5.41) is 1.93. The Morgan fingerprint density at radius 3 is 2.27 bits per heavy atom. The van der Waals surface area contributed by atoms with E-state index in [0.29, 0.717) is 16.0 Å². The lowest BCUT2D eigenvalue weighted by Gasteiger charge is -2.39. The first-order chi connectivity index (χ1) is 14.5. The predicted octanol–water partition coefficient (Wildman–Crippen LogP) is 5.21. The van der Waals surface area contributed by atoms with Crippen molar-refractivity contribution >= 4 is 46.4 Å². The number of carbonyl (C=O) groups excluding carboxylic acids is 1. The number of anilines is 1. The van der Waals surface area contributed by atoms with E-state index in [9.17, 15) is 4.79 Å². The number of hydrogen-bond acceptors (Lipinski definition) is 3. The van der Waals surface area contributed by atoms with Crippen LogP contribution in [0.3, 0.4) is 0 Å². The van der Waals surface area contributed by atoms with Crippen LogP contribution in [0.25, 0.3) is 0 Å². The summed E-state index contributed by atoms with van der Waals surface area (Å²) >= 11 is 18.2. The summed E-state index contributed by atoms with van der Waals surface area (Å²) in [4.78, 5) is 19.8. The molecule has 0 aliphatic carbocycles. The second kappa shape index (κ2) is 9.78. The summed E-state index contributed by atoms with van der Waals surface area (Å²) in [6.45, 7) is 5.95. The van der Waals surface area contributed by atoms with Gasteiger partial charge >= 0.3 is 0 Å². The molecule has 30 heavy (non-hydrogen) atoms. The van der Waals surface area contributed by atoms with E-state index in [1.54, 1.807) is 0 Å². The normalized spacial score (nSPS) is 18.6. The Morgan fingerprint density at radius 1 is 0.867 bits per heavy atom. The minimum absolute atomic E-state index is 0.132. The Hall–Kier alpha value is -1.46. The third-order valence-corrected chi connectivity index (χ3v) is 7.07. The molecular weight excluding hydrogens is 441 g/mol.